The summed E-state index contributed by atoms with van der Waals surface area (Å²) in [5.41, 5.74) is 11.0. The van der Waals surface area contributed by atoms with Crippen LogP contribution in [0, 0.1) is 0 Å². The normalized spacial score (nSPS) is 11.9. The number of thiophene rings is 1. The zero-order chi connectivity index (χ0) is 36.7. The molecular weight excluding hydrogens is 701 g/mol. The van der Waals surface area contributed by atoms with E-state index in [1.807, 2.05) is 17.4 Å². The predicted octanol–water partition coefficient (Wildman–Crippen LogP) is 15.3. The van der Waals surface area contributed by atoms with Crippen molar-refractivity contribution < 1.29 is 4.42 Å². The zero-order valence-electron chi connectivity index (χ0n) is 30.2. The Morgan fingerprint density at radius 2 is 1.09 bits per heavy atom. The van der Waals surface area contributed by atoms with E-state index in [4.69, 9.17) is 4.42 Å². The van der Waals surface area contributed by atoms with Crippen molar-refractivity contribution in [1.29, 1.82) is 0 Å². The largest absolute Gasteiger partial charge is 0.455 e. The maximum absolute atomic E-state index is 6.55. The smallest absolute Gasteiger partial charge is 0.143 e. The van der Waals surface area contributed by atoms with Crippen LogP contribution in [0.5, 0.6) is 0 Å². The number of anilines is 3. The van der Waals surface area contributed by atoms with Crippen molar-refractivity contribution in [1.82, 2.24) is 4.57 Å². The molecule has 3 heterocycles. The lowest BCUT2D eigenvalue weighted by Crippen LogP contribution is -2.09. The van der Waals surface area contributed by atoms with Crippen LogP contribution in [0.1, 0.15) is 0 Å². The van der Waals surface area contributed by atoms with E-state index in [1.54, 1.807) is 0 Å². The first-order valence-corrected chi connectivity index (χ1v) is 19.8. The van der Waals surface area contributed by atoms with E-state index in [0.29, 0.717) is 0 Å². The van der Waals surface area contributed by atoms with Gasteiger partial charge in [-0.2, -0.15) is 0 Å². The number of hydrogen-bond donors (Lipinski definition) is 0. The van der Waals surface area contributed by atoms with E-state index in [1.165, 1.54) is 47.5 Å². The summed E-state index contributed by atoms with van der Waals surface area (Å²) in [5, 5.41) is 9.59. The van der Waals surface area contributed by atoms with Crippen LogP contribution < -0.4 is 4.90 Å². The van der Waals surface area contributed by atoms with Gasteiger partial charge in [-0.3, -0.25) is 0 Å². The fourth-order valence-corrected chi connectivity index (χ4v) is 9.90. The monoisotopic (exact) mass is 732 g/mol. The standard InChI is InChI=1S/C52H32N2OS/c1-3-13-36(14-4-1)53(39-24-26-42-41-19-8-10-21-50(41)56-51(42)31-39)38-17-11-12-33(28-38)34-23-27-47-45(29-34)46-32-44-35(30-48(46)54(47)37-15-5-2-6-16-37)22-25-43-40-18-7-9-20-49(40)55-52(43)44/h1-32H. The van der Waals surface area contributed by atoms with Gasteiger partial charge in [0.15, 0.2) is 0 Å². The van der Waals surface area contributed by atoms with Crippen molar-refractivity contribution in [2.45, 2.75) is 0 Å². The Bertz CT molecular complexity index is 3480. The Balaban J connectivity index is 1.05. The highest BCUT2D eigenvalue weighted by atomic mass is 32.1. The van der Waals surface area contributed by atoms with Gasteiger partial charge in [-0.15, -0.1) is 11.3 Å². The Morgan fingerprint density at radius 3 is 1.98 bits per heavy atom. The van der Waals surface area contributed by atoms with Crippen LogP contribution in [0.15, 0.2) is 199 Å². The van der Waals surface area contributed by atoms with E-state index in [2.05, 4.69) is 198 Å². The lowest BCUT2D eigenvalue weighted by Gasteiger charge is -2.26. The number of aromatic nitrogens is 1. The van der Waals surface area contributed by atoms with Gasteiger partial charge >= 0.3 is 0 Å². The van der Waals surface area contributed by atoms with Crippen LogP contribution in [0.3, 0.4) is 0 Å². The lowest BCUT2D eigenvalue weighted by atomic mass is 10.00. The van der Waals surface area contributed by atoms with E-state index < -0.39 is 0 Å². The summed E-state index contributed by atoms with van der Waals surface area (Å²) in [6.07, 6.45) is 0. The molecule has 9 aromatic carbocycles. The molecule has 0 amide bonds. The third-order valence-electron chi connectivity index (χ3n) is 11.3. The molecule has 3 nitrogen and oxygen atoms in total. The number of hydrogen-bond acceptors (Lipinski definition) is 3. The lowest BCUT2D eigenvalue weighted by molar-refractivity contribution is 0.672. The fourth-order valence-electron chi connectivity index (χ4n) is 8.76. The molecule has 0 radical (unpaired) electrons. The van der Waals surface area contributed by atoms with Gasteiger partial charge in [0, 0.05) is 69.9 Å². The molecule has 0 atom stereocenters. The maximum atomic E-state index is 6.55. The molecule has 0 fully saturated rings. The molecule has 0 aliphatic carbocycles. The van der Waals surface area contributed by atoms with Crippen molar-refractivity contribution >= 4 is 103 Å². The molecule has 4 heteroatoms. The minimum atomic E-state index is 0.914. The molecule has 0 unspecified atom stereocenters. The van der Waals surface area contributed by atoms with Gasteiger partial charge in [0.25, 0.3) is 0 Å². The van der Waals surface area contributed by atoms with Gasteiger partial charge in [-0.1, -0.05) is 103 Å². The molecule has 0 saturated carbocycles. The summed E-state index contributed by atoms with van der Waals surface area (Å²) in [4.78, 5) is 2.37. The molecule has 0 saturated heterocycles. The van der Waals surface area contributed by atoms with E-state index in [9.17, 15) is 0 Å². The van der Waals surface area contributed by atoms with Crippen molar-refractivity contribution in [2.24, 2.45) is 0 Å². The van der Waals surface area contributed by atoms with Crippen molar-refractivity contribution in [3.63, 3.8) is 0 Å². The number of fused-ring (bicyclic) bond motifs is 11. The molecule has 12 rings (SSSR count). The zero-order valence-corrected chi connectivity index (χ0v) is 31.0. The molecule has 0 spiro atoms. The van der Waals surface area contributed by atoms with Crippen LogP contribution in [-0.4, -0.2) is 4.57 Å². The highest BCUT2D eigenvalue weighted by Gasteiger charge is 2.19. The number of furan rings is 1. The summed E-state index contributed by atoms with van der Waals surface area (Å²) in [7, 11) is 0. The van der Waals surface area contributed by atoms with E-state index in [0.717, 1.165) is 61.0 Å². The second kappa shape index (κ2) is 12.2. The molecule has 0 N–H and O–H groups in total. The second-order valence-corrected chi connectivity index (χ2v) is 15.6. The second-order valence-electron chi connectivity index (χ2n) is 14.5. The van der Waals surface area contributed by atoms with Crippen molar-refractivity contribution in [3.05, 3.63) is 194 Å². The third kappa shape index (κ3) is 4.76. The molecule has 12 aromatic rings. The molecule has 56 heavy (non-hydrogen) atoms. The van der Waals surface area contributed by atoms with Crippen LogP contribution >= 0.6 is 11.3 Å². The highest BCUT2D eigenvalue weighted by molar-refractivity contribution is 7.25. The summed E-state index contributed by atoms with van der Waals surface area (Å²) >= 11 is 1.85. The van der Waals surface area contributed by atoms with Gasteiger partial charge in [0.1, 0.15) is 11.2 Å². The Labute approximate surface area is 326 Å². The first kappa shape index (κ1) is 31.2. The number of nitrogens with zero attached hydrogens (tertiary/aromatic N) is 2. The van der Waals surface area contributed by atoms with Gasteiger partial charge < -0.3 is 13.9 Å². The van der Waals surface area contributed by atoms with Crippen molar-refractivity contribution in [3.8, 4) is 16.8 Å². The van der Waals surface area contributed by atoms with E-state index >= 15 is 0 Å². The fraction of sp³-hybridized carbons (Fsp3) is 0. The average Bonchev–Trinajstić information content (AvgIpc) is 3.93. The average molecular weight is 733 g/mol. The Kier molecular flexibility index (Phi) is 6.80. The highest BCUT2D eigenvalue weighted by Crippen LogP contribution is 2.43. The molecule has 0 aliphatic heterocycles. The summed E-state index contributed by atoms with van der Waals surface area (Å²) < 4.78 is 11.5. The topological polar surface area (TPSA) is 21.3 Å². The maximum Gasteiger partial charge on any atom is 0.143 e. The van der Waals surface area contributed by atoms with Crippen LogP contribution in [0.2, 0.25) is 0 Å². The van der Waals surface area contributed by atoms with Crippen LogP contribution in [-0.2, 0) is 0 Å². The number of rotatable bonds is 5. The van der Waals surface area contributed by atoms with Gasteiger partial charge in [0.2, 0.25) is 0 Å². The molecular formula is C52H32N2OS. The van der Waals surface area contributed by atoms with Gasteiger partial charge in [-0.25, -0.2) is 0 Å². The van der Waals surface area contributed by atoms with Gasteiger partial charge in [-0.05, 0) is 108 Å². The quantitative estimate of drug-likeness (QED) is 0.176. The minimum absolute atomic E-state index is 0.914. The summed E-state index contributed by atoms with van der Waals surface area (Å²) in [6.45, 7) is 0. The minimum Gasteiger partial charge on any atom is -0.455 e. The Morgan fingerprint density at radius 1 is 0.393 bits per heavy atom. The van der Waals surface area contributed by atoms with E-state index in [-0.39, 0.29) is 0 Å². The first-order valence-electron chi connectivity index (χ1n) is 19.0. The molecule has 262 valence electrons. The third-order valence-corrected chi connectivity index (χ3v) is 12.5. The van der Waals surface area contributed by atoms with Gasteiger partial charge in [0.05, 0.1) is 11.0 Å². The van der Waals surface area contributed by atoms with Crippen LogP contribution in [0.4, 0.5) is 17.1 Å². The predicted molar refractivity (Wildman–Crippen MR) is 239 cm³/mol. The number of benzene rings is 9. The summed E-state index contributed by atoms with van der Waals surface area (Å²) in [6, 6.07) is 70.3. The molecule has 0 bridgehead atoms. The first-order chi connectivity index (χ1) is 27.7. The summed E-state index contributed by atoms with van der Waals surface area (Å²) in [5.74, 6) is 0. The van der Waals surface area contributed by atoms with Crippen LogP contribution in [0.25, 0.3) is 91.5 Å². The SMILES string of the molecule is c1ccc(N(c2cccc(-c3ccc4c(c3)c3cc5c(ccc6c7ccccc7oc56)cc3n4-c3ccccc3)c2)c2ccc3c(c2)sc2ccccc23)cc1. The number of para-hydroxylation sites is 3. The Hall–Kier alpha value is -7.14. The molecule has 3 aromatic heterocycles. The molecule has 0 aliphatic rings. The van der Waals surface area contributed by atoms with Crippen molar-refractivity contribution in [2.75, 3.05) is 4.90 Å².